The van der Waals surface area contributed by atoms with Crippen LogP contribution in [0.4, 0.5) is 0 Å². The van der Waals surface area contributed by atoms with Gasteiger partial charge in [-0.3, -0.25) is 14.4 Å². The van der Waals surface area contributed by atoms with Crippen molar-refractivity contribution < 1.29 is 28.6 Å². The van der Waals surface area contributed by atoms with Crippen LogP contribution in [0, 0.1) is 0 Å². The molecular weight excluding hydrogens is 949 g/mol. The van der Waals surface area contributed by atoms with Crippen LogP contribution < -0.4 is 0 Å². The Labute approximate surface area is 476 Å². The lowest BCUT2D eigenvalue weighted by molar-refractivity contribution is -0.167. The van der Waals surface area contributed by atoms with Crippen molar-refractivity contribution in [2.24, 2.45) is 0 Å². The van der Waals surface area contributed by atoms with E-state index in [0.29, 0.717) is 19.3 Å². The quantitative estimate of drug-likeness (QED) is 0.0261. The minimum absolute atomic E-state index is 0.0866. The van der Waals surface area contributed by atoms with Gasteiger partial charge in [0.15, 0.2) is 6.10 Å². The van der Waals surface area contributed by atoms with Gasteiger partial charge < -0.3 is 14.2 Å². The molecule has 6 nitrogen and oxygen atoms in total. The smallest absolute Gasteiger partial charge is 0.306 e. The summed E-state index contributed by atoms with van der Waals surface area (Å²) in [7, 11) is 0. The molecule has 0 saturated heterocycles. The Bertz CT molecular complexity index is 1560. The van der Waals surface area contributed by atoms with Gasteiger partial charge in [-0.25, -0.2) is 0 Å². The second kappa shape index (κ2) is 64.6. The van der Waals surface area contributed by atoms with E-state index >= 15 is 0 Å². The van der Waals surface area contributed by atoms with Gasteiger partial charge in [-0.2, -0.15) is 0 Å². The first kappa shape index (κ1) is 73.1. The van der Waals surface area contributed by atoms with E-state index in [1.807, 2.05) is 0 Å². The zero-order valence-electron chi connectivity index (χ0n) is 50.4. The van der Waals surface area contributed by atoms with Crippen LogP contribution in [-0.4, -0.2) is 37.2 Å². The van der Waals surface area contributed by atoms with Crippen molar-refractivity contribution in [3.8, 4) is 0 Å². The zero-order chi connectivity index (χ0) is 55.7. The fraction of sp³-hybridized carbons (Fsp3) is 0.704. The van der Waals surface area contributed by atoms with Crippen molar-refractivity contribution in [3.05, 3.63) is 109 Å². The minimum atomic E-state index is -0.789. The summed E-state index contributed by atoms with van der Waals surface area (Å²) in [5.74, 6) is -0.903. The average molecular weight is 1070 g/mol. The number of ether oxygens (including phenoxy) is 3. The lowest BCUT2D eigenvalue weighted by Crippen LogP contribution is -2.30. The topological polar surface area (TPSA) is 78.9 Å². The van der Waals surface area contributed by atoms with E-state index in [1.165, 1.54) is 135 Å². The molecule has 1 unspecified atom stereocenters. The predicted molar refractivity (Wildman–Crippen MR) is 334 cm³/mol. The van der Waals surface area contributed by atoms with Gasteiger partial charge in [0.2, 0.25) is 0 Å². The predicted octanol–water partition coefficient (Wildman–Crippen LogP) is 22.2. The van der Waals surface area contributed by atoms with Crippen LogP contribution in [0.15, 0.2) is 109 Å². The maximum absolute atomic E-state index is 12.9. The molecule has 0 aromatic rings. The van der Waals surface area contributed by atoms with Gasteiger partial charge in [0.25, 0.3) is 0 Å². The number of hydrogen-bond donors (Lipinski definition) is 0. The standard InChI is InChI=1S/C71H120O6/c1-4-7-10-13-16-19-22-25-27-29-30-31-32-33-34-35-36-37-38-39-40-41-42-43-45-46-49-52-55-58-61-64-70(73)76-67-68(66-75-69(72)63-60-57-54-51-48-24-21-18-15-12-9-6-3)77-71(74)65-62-59-56-53-50-47-44-28-26-23-20-17-14-11-8-5-2/h7,10,16,18-19,21,25,27-28,30-31,33-34,36-37,39-40,44,68H,4-6,8-9,11-15,17,20,22-24,26,29,32,35,38,41-43,45-67H2,1-3H3/b10-7-,19-16-,21-18-,27-25-,31-30-,34-33-,37-36-,40-39-,44-28-. The van der Waals surface area contributed by atoms with Crippen LogP contribution in [0.1, 0.15) is 303 Å². The Balaban J connectivity index is 4.27. The molecule has 0 spiro atoms. The zero-order valence-corrected chi connectivity index (χ0v) is 50.4. The third kappa shape index (κ3) is 62.8. The molecule has 440 valence electrons. The summed E-state index contributed by atoms with van der Waals surface area (Å²) in [6.07, 6.45) is 88.1. The third-order valence-electron chi connectivity index (χ3n) is 13.7. The molecule has 0 bridgehead atoms. The molecule has 0 heterocycles. The van der Waals surface area contributed by atoms with Crippen LogP contribution in [0.3, 0.4) is 0 Å². The average Bonchev–Trinajstić information content (AvgIpc) is 3.43. The summed E-state index contributed by atoms with van der Waals surface area (Å²) in [5.41, 5.74) is 0. The van der Waals surface area contributed by atoms with E-state index in [9.17, 15) is 14.4 Å². The SMILES string of the molecule is CC/C=C\C/C=C\C/C=C\C/C=C\C/C=C\C/C=C\C/C=C\CCCCCCCCCCCC(=O)OCC(COC(=O)CCCCCCC/C=C\CCCCC)OC(=O)CCCCCCC/C=C\CCCCCCCCC. The fourth-order valence-electron chi connectivity index (χ4n) is 8.88. The molecular formula is C71H120O6. The van der Waals surface area contributed by atoms with Crippen molar-refractivity contribution in [2.75, 3.05) is 13.2 Å². The Kier molecular flexibility index (Phi) is 61.3. The van der Waals surface area contributed by atoms with Gasteiger partial charge >= 0.3 is 17.9 Å². The first-order valence-corrected chi connectivity index (χ1v) is 32.4. The summed E-state index contributed by atoms with van der Waals surface area (Å²) in [6.45, 7) is 6.50. The molecule has 1 atom stereocenters. The molecule has 77 heavy (non-hydrogen) atoms. The molecule has 6 heteroatoms. The summed E-state index contributed by atoms with van der Waals surface area (Å²) in [6, 6.07) is 0. The number of hydrogen-bond acceptors (Lipinski definition) is 6. The third-order valence-corrected chi connectivity index (χ3v) is 13.7. The maximum Gasteiger partial charge on any atom is 0.306 e. The van der Waals surface area contributed by atoms with E-state index < -0.39 is 6.10 Å². The Morgan fingerprint density at radius 2 is 0.506 bits per heavy atom. The Morgan fingerprint density at radius 3 is 0.831 bits per heavy atom. The number of carbonyl (C=O) groups is 3. The van der Waals surface area contributed by atoms with Crippen molar-refractivity contribution in [3.63, 3.8) is 0 Å². The lowest BCUT2D eigenvalue weighted by atomic mass is 10.1. The molecule has 0 aliphatic rings. The van der Waals surface area contributed by atoms with Gasteiger partial charge in [0, 0.05) is 19.3 Å². The molecule has 0 saturated carbocycles. The molecule has 0 rings (SSSR count). The largest absolute Gasteiger partial charge is 0.462 e. The normalized spacial score (nSPS) is 12.8. The molecule has 0 aliphatic carbocycles. The maximum atomic E-state index is 12.9. The number of unbranched alkanes of at least 4 members (excludes halogenated alkanes) is 29. The summed E-state index contributed by atoms with van der Waals surface area (Å²) in [5, 5.41) is 0. The van der Waals surface area contributed by atoms with Gasteiger partial charge in [0.1, 0.15) is 13.2 Å². The Morgan fingerprint density at radius 1 is 0.273 bits per heavy atom. The first-order valence-electron chi connectivity index (χ1n) is 32.4. The van der Waals surface area contributed by atoms with Crippen LogP contribution >= 0.6 is 0 Å². The fourth-order valence-corrected chi connectivity index (χ4v) is 8.88. The van der Waals surface area contributed by atoms with Crippen LogP contribution in [0.25, 0.3) is 0 Å². The van der Waals surface area contributed by atoms with E-state index in [1.54, 1.807) is 0 Å². The molecule has 0 aliphatic heterocycles. The van der Waals surface area contributed by atoms with Crippen LogP contribution in [0.2, 0.25) is 0 Å². The van der Waals surface area contributed by atoms with Crippen molar-refractivity contribution in [1.29, 1.82) is 0 Å². The number of allylic oxidation sites excluding steroid dienone is 18. The van der Waals surface area contributed by atoms with Crippen molar-refractivity contribution >= 4 is 17.9 Å². The van der Waals surface area contributed by atoms with E-state index in [-0.39, 0.29) is 31.1 Å². The highest BCUT2D eigenvalue weighted by atomic mass is 16.6. The Hall–Kier alpha value is -3.93. The lowest BCUT2D eigenvalue weighted by Gasteiger charge is -2.18. The highest BCUT2D eigenvalue weighted by molar-refractivity contribution is 5.71. The number of carbonyl (C=O) groups excluding carboxylic acids is 3. The van der Waals surface area contributed by atoms with Crippen molar-refractivity contribution in [2.45, 2.75) is 309 Å². The van der Waals surface area contributed by atoms with E-state index in [0.717, 1.165) is 128 Å². The number of esters is 3. The first-order chi connectivity index (χ1) is 38.0. The van der Waals surface area contributed by atoms with E-state index in [2.05, 4.69) is 130 Å². The highest BCUT2D eigenvalue weighted by Crippen LogP contribution is 2.15. The summed E-state index contributed by atoms with van der Waals surface area (Å²) in [4.78, 5) is 38.2. The molecule has 0 N–H and O–H groups in total. The van der Waals surface area contributed by atoms with Gasteiger partial charge in [-0.1, -0.05) is 265 Å². The van der Waals surface area contributed by atoms with Gasteiger partial charge in [-0.15, -0.1) is 0 Å². The second-order valence-electron chi connectivity index (χ2n) is 21.3. The molecule has 0 radical (unpaired) electrons. The van der Waals surface area contributed by atoms with Gasteiger partial charge in [0.05, 0.1) is 0 Å². The second-order valence-corrected chi connectivity index (χ2v) is 21.3. The van der Waals surface area contributed by atoms with E-state index in [4.69, 9.17) is 14.2 Å². The molecule has 0 fully saturated rings. The van der Waals surface area contributed by atoms with Crippen LogP contribution in [-0.2, 0) is 28.6 Å². The number of rotatable bonds is 58. The molecule has 0 aromatic heterocycles. The van der Waals surface area contributed by atoms with Gasteiger partial charge in [-0.05, 0) is 128 Å². The molecule has 0 amide bonds. The monoisotopic (exact) mass is 1070 g/mol. The summed E-state index contributed by atoms with van der Waals surface area (Å²) < 4.78 is 16.9. The minimum Gasteiger partial charge on any atom is -0.462 e. The summed E-state index contributed by atoms with van der Waals surface area (Å²) >= 11 is 0. The van der Waals surface area contributed by atoms with Crippen LogP contribution in [0.5, 0.6) is 0 Å². The van der Waals surface area contributed by atoms with Crippen molar-refractivity contribution in [1.82, 2.24) is 0 Å². The molecule has 0 aromatic carbocycles. The highest BCUT2D eigenvalue weighted by Gasteiger charge is 2.19.